The van der Waals surface area contributed by atoms with Gasteiger partial charge in [-0.2, -0.15) is 0 Å². The molecule has 2 nitrogen and oxygen atoms in total. The molecule has 2 aromatic heterocycles. The summed E-state index contributed by atoms with van der Waals surface area (Å²) < 4.78 is 1.17. The molecular weight excluding hydrogens is 280 g/mol. The Morgan fingerprint density at radius 1 is 1.06 bits per heavy atom. The number of rotatable bonds is 3. The number of hydrogen-bond acceptors (Lipinski definition) is 5. The second kappa shape index (κ2) is 5.30. The highest BCUT2D eigenvalue weighted by atomic mass is 32.2. The molecule has 0 bridgehead atoms. The molecule has 1 aromatic carbocycles. The maximum absolute atomic E-state index is 4.61. The first-order valence-corrected chi connectivity index (χ1v) is 8.31. The number of benzene rings is 1. The van der Waals surface area contributed by atoms with Gasteiger partial charge in [-0.05, 0) is 29.8 Å². The summed E-state index contributed by atoms with van der Waals surface area (Å²) in [4.78, 5) is 10.3. The summed E-state index contributed by atoms with van der Waals surface area (Å²) in [7, 11) is 0. The van der Waals surface area contributed by atoms with E-state index < -0.39 is 0 Å². The number of fused-ring (bicyclic) bond motifs is 1. The van der Waals surface area contributed by atoms with Crippen LogP contribution < -0.4 is 0 Å². The summed E-state index contributed by atoms with van der Waals surface area (Å²) in [5.74, 6) is 0. The molecule has 0 spiro atoms. The van der Waals surface area contributed by atoms with E-state index in [2.05, 4.69) is 33.5 Å². The van der Waals surface area contributed by atoms with Crippen molar-refractivity contribution >= 4 is 45.1 Å². The Morgan fingerprint density at radius 2 is 1.89 bits per heavy atom. The van der Waals surface area contributed by atoms with E-state index in [0.717, 1.165) is 15.7 Å². The zero-order valence-corrected chi connectivity index (χ0v) is 12.1. The van der Waals surface area contributed by atoms with Gasteiger partial charge in [0.05, 0.1) is 10.2 Å². The van der Waals surface area contributed by atoms with Crippen LogP contribution in [-0.4, -0.2) is 16.2 Å². The molecule has 0 saturated carbocycles. The first-order valence-electron chi connectivity index (χ1n) is 5.39. The molecule has 3 rings (SSSR count). The predicted molar refractivity (Wildman–Crippen MR) is 79.8 cm³/mol. The minimum absolute atomic E-state index is 0.833. The van der Waals surface area contributed by atoms with Crippen LogP contribution in [-0.2, 0) is 0 Å². The van der Waals surface area contributed by atoms with E-state index in [0.29, 0.717) is 0 Å². The van der Waals surface area contributed by atoms with Crippen LogP contribution in [0.15, 0.2) is 56.9 Å². The number of thioether (sulfide) groups is 1. The summed E-state index contributed by atoms with van der Waals surface area (Å²) in [5.41, 5.74) is 1.04. The largest absolute Gasteiger partial charge is 0.222 e. The number of nitrogens with zero attached hydrogens (tertiary/aromatic N) is 2. The molecule has 0 radical (unpaired) electrons. The molecule has 18 heavy (non-hydrogen) atoms. The molecule has 0 atom stereocenters. The van der Waals surface area contributed by atoms with Crippen molar-refractivity contribution in [1.82, 2.24) is 9.97 Å². The van der Waals surface area contributed by atoms with E-state index in [1.165, 1.54) is 9.60 Å². The second-order valence-electron chi connectivity index (χ2n) is 3.57. The molecule has 0 saturated heterocycles. The van der Waals surface area contributed by atoms with Gasteiger partial charge in [-0.15, -0.1) is 11.3 Å². The van der Waals surface area contributed by atoms with Crippen molar-refractivity contribution in [3.8, 4) is 0 Å². The smallest absolute Gasteiger partial charge is 0.188 e. The average molecular weight is 290 g/mol. The zero-order chi connectivity index (χ0) is 12.4. The van der Waals surface area contributed by atoms with Gasteiger partial charge in [-0.25, -0.2) is 9.97 Å². The first kappa shape index (κ1) is 12.0. The first-order chi connectivity index (χ1) is 8.86. The quantitative estimate of drug-likeness (QED) is 0.401. The molecule has 2 heterocycles. The van der Waals surface area contributed by atoms with Crippen LogP contribution in [0.5, 0.6) is 0 Å². The summed E-state index contributed by atoms with van der Waals surface area (Å²) in [6.45, 7) is 0. The standard InChI is InChI=1S/C13H10N2S3/c1-16-13-14-10-7-8-17-11(10)12(15-13)18-9-5-3-2-4-6-9/h2-8H,1H3. The molecule has 0 aliphatic heterocycles. The van der Waals surface area contributed by atoms with Crippen molar-refractivity contribution in [3.63, 3.8) is 0 Å². The summed E-state index contributed by atoms with van der Waals surface area (Å²) >= 11 is 4.98. The Morgan fingerprint density at radius 3 is 2.67 bits per heavy atom. The number of hydrogen-bond donors (Lipinski definition) is 0. The lowest BCUT2D eigenvalue weighted by Crippen LogP contribution is -1.88. The van der Waals surface area contributed by atoms with E-state index in [-0.39, 0.29) is 0 Å². The van der Waals surface area contributed by atoms with Gasteiger partial charge < -0.3 is 0 Å². The minimum Gasteiger partial charge on any atom is -0.222 e. The SMILES string of the molecule is CSc1nc(Sc2ccccc2)c2sccc2n1. The summed E-state index contributed by atoms with van der Waals surface area (Å²) in [6, 6.07) is 12.4. The van der Waals surface area contributed by atoms with Crippen molar-refractivity contribution in [3.05, 3.63) is 41.8 Å². The highest BCUT2D eigenvalue weighted by Crippen LogP contribution is 2.35. The average Bonchev–Trinajstić information content (AvgIpc) is 2.88. The molecule has 90 valence electrons. The molecule has 0 unspecified atom stereocenters. The van der Waals surface area contributed by atoms with E-state index in [9.17, 15) is 0 Å². The molecule has 5 heteroatoms. The van der Waals surface area contributed by atoms with Gasteiger partial charge in [0.25, 0.3) is 0 Å². The zero-order valence-electron chi connectivity index (χ0n) is 9.66. The lowest BCUT2D eigenvalue weighted by molar-refractivity contribution is 0.938. The molecule has 0 N–H and O–H groups in total. The number of aromatic nitrogens is 2. The fourth-order valence-corrected chi connectivity index (χ4v) is 3.84. The fraction of sp³-hybridized carbons (Fsp3) is 0.0769. The van der Waals surface area contributed by atoms with Crippen molar-refractivity contribution in [1.29, 1.82) is 0 Å². The van der Waals surface area contributed by atoms with Gasteiger partial charge in [0.1, 0.15) is 5.03 Å². The van der Waals surface area contributed by atoms with Gasteiger partial charge in [0.2, 0.25) is 0 Å². The topological polar surface area (TPSA) is 25.8 Å². The Hall–Kier alpha value is -1.04. The van der Waals surface area contributed by atoms with Gasteiger partial charge in [0, 0.05) is 4.90 Å². The fourth-order valence-electron chi connectivity index (χ4n) is 1.58. The van der Waals surface area contributed by atoms with Crippen LogP contribution in [0.2, 0.25) is 0 Å². The molecular formula is C13H10N2S3. The maximum Gasteiger partial charge on any atom is 0.188 e. The Kier molecular flexibility index (Phi) is 3.54. The van der Waals surface area contributed by atoms with E-state index >= 15 is 0 Å². The van der Waals surface area contributed by atoms with Crippen LogP contribution in [0.3, 0.4) is 0 Å². The molecule has 0 amide bonds. The summed E-state index contributed by atoms with van der Waals surface area (Å²) in [6.07, 6.45) is 2.00. The second-order valence-corrected chi connectivity index (χ2v) is 6.32. The van der Waals surface area contributed by atoms with Crippen LogP contribution >= 0.6 is 34.9 Å². The lowest BCUT2D eigenvalue weighted by atomic mass is 10.4. The van der Waals surface area contributed by atoms with E-state index in [4.69, 9.17) is 0 Å². The molecule has 0 fully saturated rings. The highest BCUT2D eigenvalue weighted by Gasteiger charge is 2.09. The van der Waals surface area contributed by atoms with Crippen molar-refractivity contribution in [2.45, 2.75) is 15.1 Å². The number of thiophene rings is 1. The van der Waals surface area contributed by atoms with Crippen molar-refractivity contribution in [2.75, 3.05) is 6.26 Å². The predicted octanol–water partition coefficient (Wildman–Crippen LogP) is 4.56. The van der Waals surface area contributed by atoms with Crippen LogP contribution in [0.4, 0.5) is 0 Å². The van der Waals surface area contributed by atoms with Crippen molar-refractivity contribution < 1.29 is 0 Å². The van der Waals surface area contributed by atoms with Gasteiger partial charge in [-0.3, -0.25) is 0 Å². The van der Waals surface area contributed by atoms with Crippen LogP contribution in [0, 0.1) is 0 Å². The van der Waals surface area contributed by atoms with Gasteiger partial charge in [0.15, 0.2) is 5.16 Å². The normalized spacial score (nSPS) is 10.9. The molecule has 3 aromatic rings. The van der Waals surface area contributed by atoms with Gasteiger partial charge in [-0.1, -0.05) is 41.7 Å². The van der Waals surface area contributed by atoms with E-state index in [1.807, 2.05) is 24.5 Å². The van der Waals surface area contributed by atoms with Crippen LogP contribution in [0.25, 0.3) is 10.2 Å². The van der Waals surface area contributed by atoms with Crippen molar-refractivity contribution in [2.24, 2.45) is 0 Å². The monoisotopic (exact) mass is 290 g/mol. The Bertz CT molecular complexity index is 664. The minimum atomic E-state index is 0.833. The third-order valence-corrected chi connectivity index (χ3v) is 4.98. The Balaban J connectivity index is 2.07. The Labute approximate surface area is 118 Å². The molecule has 0 aliphatic carbocycles. The third-order valence-electron chi connectivity index (χ3n) is 2.39. The molecule has 0 aliphatic rings. The van der Waals surface area contributed by atoms with Gasteiger partial charge >= 0.3 is 0 Å². The van der Waals surface area contributed by atoms with E-state index in [1.54, 1.807) is 34.9 Å². The maximum atomic E-state index is 4.61. The summed E-state index contributed by atoms with van der Waals surface area (Å²) in [5, 5.41) is 3.95. The highest BCUT2D eigenvalue weighted by molar-refractivity contribution is 8.00. The third kappa shape index (κ3) is 2.39. The lowest BCUT2D eigenvalue weighted by Gasteiger charge is -2.04. The van der Waals surface area contributed by atoms with Crippen LogP contribution in [0.1, 0.15) is 0 Å².